The fraction of sp³-hybridized carbons (Fsp3) is 0.286. The van der Waals surface area contributed by atoms with Crippen molar-refractivity contribution in [1.82, 2.24) is 10.6 Å². The Labute approximate surface area is 157 Å². The van der Waals surface area contributed by atoms with Gasteiger partial charge in [0.25, 0.3) is 5.91 Å². The second-order valence-electron chi connectivity index (χ2n) is 7.25. The number of imide groups is 1. The number of amides is 4. The minimum absolute atomic E-state index is 0.0515. The molecule has 2 aromatic rings. The number of carbonyl (C=O) groups is 3. The van der Waals surface area contributed by atoms with Crippen LogP contribution in [0.2, 0.25) is 0 Å². The molecule has 4 amide bonds. The van der Waals surface area contributed by atoms with Gasteiger partial charge in [0, 0.05) is 5.69 Å². The van der Waals surface area contributed by atoms with Crippen molar-refractivity contribution in [2.24, 2.45) is 0 Å². The number of urea groups is 1. The summed E-state index contributed by atoms with van der Waals surface area (Å²) in [6, 6.07) is 14.6. The van der Waals surface area contributed by atoms with Gasteiger partial charge in [-0.1, -0.05) is 36.4 Å². The zero-order valence-electron chi connectivity index (χ0n) is 15.0. The lowest BCUT2D eigenvalue weighted by molar-refractivity contribution is -0.123. The smallest absolute Gasteiger partial charge is 0.322 e. The first-order valence-corrected chi connectivity index (χ1v) is 9.10. The predicted molar refractivity (Wildman–Crippen MR) is 101 cm³/mol. The second kappa shape index (κ2) is 6.54. The van der Waals surface area contributed by atoms with Crippen molar-refractivity contribution in [1.29, 1.82) is 0 Å². The van der Waals surface area contributed by atoms with Crippen molar-refractivity contribution < 1.29 is 14.4 Å². The summed E-state index contributed by atoms with van der Waals surface area (Å²) in [5, 5.41) is 7.87. The van der Waals surface area contributed by atoms with Gasteiger partial charge in [-0.05, 0) is 55.0 Å². The van der Waals surface area contributed by atoms with E-state index in [0.717, 1.165) is 24.8 Å². The van der Waals surface area contributed by atoms with Gasteiger partial charge in [0.15, 0.2) is 0 Å². The van der Waals surface area contributed by atoms with Gasteiger partial charge in [0.05, 0.1) is 5.92 Å². The minimum atomic E-state index is -1.14. The third-order valence-corrected chi connectivity index (χ3v) is 5.44. The summed E-state index contributed by atoms with van der Waals surface area (Å²) in [7, 11) is 0. The molecule has 0 bridgehead atoms. The molecule has 2 atom stereocenters. The Morgan fingerprint density at radius 1 is 1.15 bits per heavy atom. The van der Waals surface area contributed by atoms with Crippen LogP contribution in [0.25, 0.3) is 0 Å². The van der Waals surface area contributed by atoms with Crippen LogP contribution in [-0.2, 0) is 21.5 Å². The Bertz CT molecular complexity index is 940. The highest BCUT2D eigenvalue weighted by Crippen LogP contribution is 2.33. The van der Waals surface area contributed by atoms with Crippen LogP contribution in [0.1, 0.15) is 42.4 Å². The first-order valence-electron chi connectivity index (χ1n) is 9.10. The maximum Gasteiger partial charge on any atom is 0.322 e. The molecule has 6 heteroatoms. The average Bonchev–Trinajstić information content (AvgIpc) is 2.94. The van der Waals surface area contributed by atoms with Crippen LogP contribution in [0.5, 0.6) is 0 Å². The molecule has 0 radical (unpaired) electrons. The van der Waals surface area contributed by atoms with Crippen molar-refractivity contribution in [2.45, 2.75) is 37.6 Å². The molecule has 1 fully saturated rings. The summed E-state index contributed by atoms with van der Waals surface area (Å²) >= 11 is 0. The molecule has 1 aliphatic carbocycles. The standard InChI is InChI=1S/C21H21N3O3/c1-21(19(26)23-20(27)24-21)14-8-5-9-15(12-14)22-18(25)17-11-4-7-13-6-2-3-10-16(13)17/h2-3,5-6,8-10,12,17H,4,7,11H2,1H3,(H,22,25)(H2,23,24,26,27)/t17-,21+/m1/s1. The topological polar surface area (TPSA) is 87.3 Å². The third kappa shape index (κ3) is 3.07. The summed E-state index contributed by atoms with van der Waals surface area (Å²) in [6.45, 7) is 1.64. The quantitative estimate of drug-likeness (QED) is 0.733. The normalized spacial score (nSPS) is 24.0. The highest BCUT2D eigenvalue weighted by Gasteiger charge is 2.43. The van der Waals surface area contributed by atoms with E-state index in [0.29, 0.717) is 11.3 Å². The molecule has 1 heterocycles. The molecule has 27 heavy (non-hydrogen) atoms. The maximum absolute atomic E-state index is 12.9. The fourth-order valence-electron chi connectivity index (χ4n) is 3.91. The molecule has 3 N–H and O–H groups in total. The molecule has 2 aromatic carbocycles. The molecule has 0 spiro atoms. The molecule has 138 valence electrons. The third-order valence-electron chi connectivity index (χ3n) is 5.44. The van der Waals surface area contributed by atoms with Gasteiger partial charge in [-0.15, -0.1) is 0 Å². The van der Waals surface area contributed by atoms with E-state index >= 15 is 0 Å². The van der Waals surface area contributed by atoms with Gasteiger partial charge < -0.3 is 10.6 Å². The number of rotatable bonds is 3. The summed E-state index contributed by atoms with van der Waals surface area (Å²) in [5.74, 6) is -0.634. The Hall–Kier alpha value is -3.15. The van der Waals surface area contributed by atoms with Crippen LogP contribution in [-0.4, -0.2) is 17.8 Å². The van der Waals surface area contributed by atoms with Gasteiger partial charge in [-0.2, -0.15) is 0 Å². The average molecular weight is 363 g/mol. The SMILES string of the molecule is C[C@@]1(c2cccc(NC(=O)[C@@H]3CCCc4ccccc43)c2)NC(=O)NC1=O. The predicted octanol–water partition coefficient (Wildman–Crippen LogP) is 2.80. The van der Waals surface area contributed by atoms with Crippen molar-refractivity contribution in [3.8, 4) is 0 Å². The molecule has 1 aliphatic heterocycles. The van der Waals surface area contributed by atoms with Gasteiger partial charge >= 0.3 is 6.03 Å². The molecular weight excluding hydrogens is 342 g/mol. The Morgan fingerprint density at radius 2 is 1.96 bits per heavy atom. The van der Waals surface area contributed by atoms with Crippen LogP contribution < -0.4 is 16.0 Å². The molecular formula is C21H21N3O3. The summed E-state index contributed by atoms with van der Waals surface area (Å²) in [6.07, 6.45) is 2.81. The van der Waals surface area contributed by atoms with E-state index < -0.39 is 17.5 Å². The Balaban J connectivity index is 1.57. The summed E-state index contributed by atoms with van der Waals surface area (Å²) < 4.78 is 0. The summed E-state index contributed by atoms with van der Waals surface area (Å²) in [4.78, 5) is 36.6. The van der Waals surface area contributed by atoms with E-state index in [-0.39, 0.29) is 11.8 Å². The lowest BCUT2D eigenvalue weighted by Crippen LogP contribution is -2.40. The van der Waals surface area contributed by atoms with Gasteiger partial charge in [-0.3, -0.25) is 14.9 Å². The second-order valence-corrected chi connectivity index (χ2v) is 7.25. The van der Waals surface area contributed by atoms with E-state index in [1.54, 1.807) is 31.2 Å². The monoisotopic (exact) mass is 363 g/mol. The largest absolute Gasteiger partial charge is 0.326 e. The van der Waals surface area contributed by atoms with Crippen molar-refractivity contribution >= 4 is 23.5 Å². The van der Waals surface area contributed by atoms with E-state index in [1.807, 2.05) is 18.2 Å². The number of hydrogen-bond acceptors (Lipinski definition) is 3. The van der Waals surface area contributed by atoms with E-state index in [2.05, 4.69) is 22.0 Å². The van der Waals surface area contributed by atoms with Crippen LogP contribution in [0.3, 0.4) is 0 Å². The zero-order valence-corrected chi connectivity index (χ0v) is 15.0. The first kappa shape index (κ1) is 17.3. The number of carbonyl (C=O) groups excluding carboxylic acids is 3. The summed E-state index contributed by atoms with van der Waals surface area (Å²) in [5.41, 5.74) is 2.40. The fourth-order valence-corrected chi connectivity index (χ4v) is 3.91. The number of aryl methyl sites for hydroxylation is 1. The Morgan fingerprint density at radius 3 is 2.74 bits per heavy atom. The lowest BCUT2D eigenvalue weighted by Gasteiger charge is -2.25. The Kier molecular flexibility index (Phi) is 4.18. The van der Waals surface area contributed by atoms with Crippen molar-refractivity contribution in [3.05, 3.63) is 65.2 Å². The van der Waals surface area contributed by atoms with Crippen LogP contribution in [0, 0.1) is 0 Å². The minimum Gasteiger partial charge on any atom is -0.326 e. The number of nitrogens with one attached hydrogen (secondary N) is 3. The molecule has 1 saturated heterocycles. The molecule has 2 aliphatic rings. The van der Waals surface area contributed by atoms with Gasteiger partial charge in [0.2, 0.25) is 5.91 Å². The molecule has 4 rings (SSSR count). The van der Waals surface area contributed by atoms with Crippen LogP contribution in [0.4, 0.5) is 10.5 Å². The van der Waals surface area contributed by atoms with E-state index in [1.165, 1.54) is 5.56 Å². The van der Waals surface area contributed by atoms with Gasteiger partial charge in [0.1, 0.15) is 5.54 Å². The molecule has 0 saturated carbocycles. The lowest BCUT2D eigenvalue weighted by atomic mass is 9.82. The van der Waals surface area contributed by atoms with Crippen LogP contribution >= 0.6 is 0 Å². The number of hydrogen-bond donors (Lipinski definition) is 3. The van der Waals surface area contributed by atoms with Crippen molar-refractivity contribution in [3.63, 3.8) is 0 Å². The number of anilines is 1. The van der Waals surface area contributed by atoms with E-state index in [4.69, 9.17) is 0 Å². The molecule has 6 nitrogen and oxygen atoms in total. The highest BCUT2D eigenvalue weighted by molar-refractivity contribution is 6.07. The zero-order chi connectivity index (χ0) is 19.0. The number of benzene rings is 2. The van der Waals surface area contributed by atoms with E-state index in [9.17, 15) is 14.4 Å². The molecule has 0 aromatic heterocycles. The van der Waals surface area contributed by atoms with Crippen LogP contribution in [0.15, 0.2) is 48.5 Å². The van der Waals surface area contributed by atoms with Gasteiger partial charge in [-0.25, -0.2) is 4.79 Å². The first-order chi connectivity index (χ1) is 13.0. The highest BCUT2D eigenvalue weighted by atomic mass is 16.2. The number of fused-ring (bicyclic) bond motifs is 1. The molecule has 0 unspecified atom stereocenters. The van der Waals surface area contributed by atoms with Crippen molar-refractivity contribution in [2.75, 3.05) is 5.32 Å². The maximum atomic E-state index is 12.9.